The van der Waals surface area contributed by atoms with Gasteiger partial charge in [0, 0.05) is 18.7 Å². The summed E-state index contributed by atoms with van der Waals surface area (Å²) < 4.78 is 16.1. The Hall–Kier alpha value is -1.10. The first-order valence-electron chi connectivity index (χ1n) is 6.27. The number of rotatable bonds is 9. The van der Waals surface area contributed by atoms with E-state index in [0.29, 0.717) is 19.8 Å². The van der Waals surface area contributed by atoms with Crippen LogP contribution in [-0.4, -0.2) is 34.0 Å². The third kappa shape index (κ3) is 5.04. The van der Waals surface area contributed by atoms with Crippen LogP contribution >= 0.6 is 0 Å². The van der Waals surface area contributed by atoms with Crippen molar-refractivity contribution >= 4 is 0 Å². The fourth-order valence-electron chi connectivity index (χ4n) is 1.70. The van der Waals surface area contributed by atoms with Gasteiger partial charge in [-0.3, -0.25) is 0 Å². The van der Waals surface area contributed by atoms with Crippen LogP contribution in [0.1, 0.15) is 18.1 Å². The van der Waals surface area contributed by atoms with Gasteiger partial charge in [0.1, 0.15) is 5.75 Å². The summed E-state index contributed by atoms with van der Waals surface area (Å²) in [6.45, 7) is 5.33. The van der Waals surface area contributed by atoms with E-state index >= 15 is 0 Å². The minimum atomic E-state index is 0.549. The van der Waals surface area contributed by atoms with Crippen molar-refractivity contribution < 1.29 is 14.2 Å². The highest BCUT2D eigenvalue weighted by Gasteiger charge is 2.04. The van der Waals surface area contributed by atoms with Crippen LogP contribution < -0.4 is 10.1 Å². The van der Waals surface area contributed by atoms with E-state index in [1.807, 2.05) is 20.0 Å². The summed E-state index contributed by atoms with van der Waals surface area (Å²) in [5.41, 5.74) is 2.29. The lowest BCUT2D eigenvalue weighted by atomic mass is 10.1. The van der Waals surface area contributed by atoms with E-state index in [1.165, 1.54) is 5.56 Å². The van der Waals surface area contributed by atoms with Crippen LogP contribution in [0.5, 0.6) is 5.75 Å². The quantitative estimate of drug-likeness (QED) is 0.683. The molecule has 0 radical (unpaired) electrons. The van der Waals surface area contributed by atoms with Gasteiger partial charge in [-0.05, 0) is 31.7 Å². The highest BCUT2D eigenvalue weighted by atomic mass is 16.5. The Bertz CT molecular complexity index is 342. The Morgan fingerprint density at radius 2 is 1.94 bits per heavy atom. The van der Waals surface area contributed by atoms with E-state index < -0.39 is 0 Å². The molecule has 1 N–H and O–H groups in total. The molecule has 0 saturated heterocycles. The zero-order valence-electron chi connectivity index (χ0n) is 11.5. The lowest BCUT2D eigenvalue weighted by Crippen LogP contribution is -2.07. The van der Waals surface area contributed by atoms with Gasteiger partial charge in [0.15, 0.2) is 0 Å². The first kappa shape index (κ1) is 15.0. The molecule has 0 aliphatic heterocycles. The Balaban J connectivity index is 2.52. The van der Waals surface area contributed by atoms with Crippen LogP contribution in [0.15, 0.2) is 18.2 Å². The van der Waals surface area contributed by atoms with Crippen LogP contribution in [0.3, 0.4) is 0 Å². The minimum absolute atomic E-state index is 0.549. The van der Waals surface area contributed by atoms with Crippen molar-refractivity contribution in [3.05, 3.63) is 29.3 Å². The van der Waals surface area contributed by atoms with Crippen molar-refractivity contribution in [3.8, 4) is 5.75 Å². The summed E-state index contributed by atoms with van der Waals surface area (Å²) in [6.07, 6.45) is 0. The van der Waals surface area contributed by atoms with E-state index in [-0.39, 0.29) is 0 Å². The number of methoxy groups -OCH3 is 1. The summed E-state index contributed by atoms with van der Waals surface area (Å²) in [7, 11) is 3.61. The molecule has 0 spiro atoms. The fraction of sp³-hybridized carbons (Fsp3) is 0.571. The molecule has 1 aromatic rings. The first-order valence-corrected chi connectivity index (χ1v) is 6.27. The van der Waals surface area contributed by atoms with Crippen molar-refractivity contribution in [2.75, 3.05) is 34.0 Å². The summed E-state index contributed by atoms with van der Waals surface area (Å²) in [6, 6.07) is 6.14. The number of hydrogen-bond acceptors (Lipinski definition) is 4. The van der Waals surface area contributed by atoms with Crippen molar-refractivity contribution in [2.45, 2.75) is 20.1 Å². The van der Waals surface area contributed by atoms with Gasteiger partial charge in [0.2, 0.25) is 0 Å². The molecule has 0 aliphatic rings. The average molecular weight is 253 g/mol. The van der Waals surface area contributed by atoms with E-state index in [4.69, 9.17) is 14.2 Å². The summed E-state index contributed by atoms with van der Waals surface area (Å²) in [4.78, 5) is 0. The summed E-state index contributed by atoms with van der Waals surface area (Å²) in [5.74, 6) is 0.867. The van der Waals surface area contributed by atoms with Gasteiger partial charge < -0.3 is 19.5 Å². The molecule has 0 heterocycles. The van der Waals surface area contributed by atoms with Crippen molar-refractivity contribution in [1.29, 1.82) is 0 Å². The Morgan fingerprint density at radius 1 is 1.17 bits per heavy atom. The Kier molecular flexibility index (Phi) is 7.41. The van der Waals surface area contributed by atoms with Crippen LogP contribution in [0, 0.1) is 0 Å². The molecular formula is C14H23NO3. The molecule has 0 bridgehead atoms. The van der Waals surface area contributed by atoms with Gasteiger partial charge in [-0.2, -0.15) is 0 Å². The molecule has 0 aromatic heterocycles. The smallest absolute Gasteiger partial charge is 0.124 e. The molecule has 18 heavy (non-hydrogen) atoms. The maximum atomic E-state index is 5.57. The molecule has 0 amide bonds. The Morgan fingerprint density at radius 3 is 2.61 bits per heavy atom. The monoisotopic (exact) mass is 253 g/mol. The van der Waals surface area contributed by atoms with Gasteiger partial charge in [-0.1, -0.05) is 6.07 Å². The van der Waals surface area contributed by atoms with Gasteiger partial charge in [0.25, 0.3) is 0 Å². The summed E-state index contributed by atoms with van der Waals surface area (Å²) >= 11 is 0. The van der Waals surface area contributed by atoms with Crippen molar-refractivity contribution in [2.24, 2.45) is 0 Å². The minimum Gasteiger partial charge on any atom is -0.496 e. The van der Waals surface area contributed by atoms with Crippen LogP contribution in [0.25, 0.3) is 0 Å². The van der Waals surface area contributed by atoms with E-state index in [2.05, 4.69) is 17.4 Å². The second-order valence-electron chi connectivity index (χ2n) is 3.93. The van der Waals surface area contributed by atoms with Crippen molar-refractivity contribution in [1.82, 2.24) is 5.32 Å². The number of hydrogen-bond donors (Lipinski definition) is 1. The van der Waals surface area contributed by atoms with E-state index in [0.717, 1.165) is 24.5 Å². The number of nitrogens with one attached hydrogen (secondary N) is 1. The highest BCUT2D eigenvalue weighted by molar-refractivity contribution is 5.36. The maximum Gasteiger partial charge on any atom is 0.124 e. The van der Waals surface area contributed by atoms with Crippen LogP contribution in [-0.2, 0) is 22.6 Å². The predicted molar refractivity (Wildman–Crippen MR) is 71.9 cm³/mol. The predicted octanol–water partition coefficient (Wildman–Crippen LogP) is 1.97. The number of benzene rings is 1. The van der Waals surface area contributed by atoms with Crippen molar-refractivity contribution in [3.63, 3.8) is 0 Å². The molecule has 0 unspecified atom stereocenters. The molecule has 102 valence electrons. The van der Waals surface area contributed by atoms with Gasteiger partial charge in [0.05, 0.1) is 26.9 Å². The molecule has 4 heteroatoms. The fourth-order valence-corrected chi connectivity index (χ4v) is 1.70. The van der Waals surface area contributed by atoms with E-state index in [1.54, 1.807) is 7.11 Å². The maximum absolute atomic E-state index is 5.57. The lowest BCUT2D eigenvalue weighted by Gasteiger charge is -2.11. The second-order valence-corrected chi connectivity index (χ2v) is 3.93. The molecule has 0 aliphatic carbocycles. The molecule has 1 rings (SSSR count). The van der Waals surface area contributed by atoms with Gasteiger partial charge in [-0.25, -0.2) is 0 Å². The normalized spacial score (nSPS) is 10.6. The van der Waals surface area contributed by atoms with Gasteiger partial charge >= 0.3 is 0 Å². The molecular weight excluding hydrogens is 230 g/mol. The van der Waals surface area contributed by atoms with Crippen LogP contribution in [0.4, 0.5) is 0 Å². The van der Waals surface area contributed by atoms with Gasteiger partial charge in [-0.15, -0.1) is 0 Å². The Labute approximate surface area is 109 Å². The third-order valence-electron chi connectivity index (χ3n) is 2.56. The SMILES string of the molecule is CCOCCOCc1cc(CNC)ccc1OC. The zero-order valence-corrected chi connectivity index (χ0v) is 11.5. The number of ether oxygens (including phenoxy) is 3. The zero-order chi connectivity index (χ0) is 13.2. The largest absolute Gasteiger partial charge is 0.496 e. The average Bonchev–Trinajstić information content (AvgIpc) is 2.39. The van der Waals surface area contributed by atoms with Crippen LogP contribution in [0.2, 0.25) is 0 Å². The molecule has 4 nitrogen and oxygen atoms in total. The lowest BCUT2D eigenvalue weighted by molar-refractivity contribution is 0.0446. The summed E-state index contributed by atoms with van der Waals surface area (Å²) in [5, 5.41) is 3.13. The molecule has 1 aromatic carbocycles. The second kappa shape index (κ2) is 8.91. The molecule has 0 fully saturated rings. The first-order chi connectivity index (χ1) is 8.81. The van der Waals surface area contributed by atoms with E-state index in [9.17, 15) is 0 Å². The molecule has 0 saturated carbocycles. The standard InChI is InChI=1S/C14H23NO3/c1-4-17-7-8-18-11-13-9-12(10-15-2)5-6-14(13)16-3/h5-6,9,15H,4,7-8,10-11H2,1-3H3. The molecule has 0 atom stereocenters. The topological polar surface area (TPSA) is 39.7 Å². The third-order valence-corrected chi connectivity index (χ3v) is 2.56. The highest BCUT2D eigenvalue weighted by Crippen LogP contribution is 2.20.